The van der Waals surface area contributed by atoms with Gasteiger partial charge in [-0.1, -0.05) is 121 Å². The second kappa shape index (κ2) is 10.9. The fourth-order valence-electron chi connectivity index (χ4n) is 6.83. The van der Waals surface area contributed by atoms with Crippen LogP contribution >= 0.6 is 11.3 Å². The molecule has 4 heterocycles. The molecule has 5 nitrogen and oxygen atoms in total. The third-order valence-corrected chi connectivity index (χ3v) is 10.2. The summed E-state index contributed by atoms with van der Waals surface area (Å²) in [5, 5.41) is 0.920. The zero-order valence-electron chi connectivity index (χ0n) is 41.1. The highest BCUT2D eigenvalue weighted by atomic mass is 32.1. The Morgan fingerprint density at radius 3 is 2.06 bits per heavy atom. The lowest BCUT2D eigenvalue weighted by Gasteiger charge is -2.12. The number of rotatable bonds is 4. The molecule has 0 aliphatic heterocycles. The van der Waals surface area contributed by atoms with Crippen molar-refractivity contribution in [3.63, 3.8) is 0 Å². The Labute approximate surface area is 317 Å². The molecule has 0 spiro atoms. The van der Waals surface area contributed by atoms with Gasteiger partial charge in [-0.05, 0) is 42.3 Å². The minimum Gasteiger partial charge on any atom is -0.309 e. The second-order valence-corrected chi connectivity index (χ2v) is 12.8. The Kier molecular flexibility index (Phi) is 3.72. The third-order valence-electron chi connectivity index (χ3n) is 8.96. The summed E-state index contributed by atoms with van der Waals surface area (Å²) in [6.45, 7) is 0. The lowest BCUT2D eigenvalue weighted by Crippen LogP contribution is -2.06. The molecule has 6 heteroatoms. The summed E-state index contributed by atoms with van der Waals surface area (Å²) < 4.78 is 140. The van der Waals surface area contributed by atoms with E-state index in [9.17, 15) is 6.85 Å². The minimum atomic E-state index is -0.773. The smallest absolute Gasteiger partial charge is 0.238 e. The van der Waals surface area contributed by atoms with E-state index in [0.29, 0.717) is 11.1 Å². The van der Waals surface area contributed by atoms with Gasteiger partial charge in [0.2, 0.25) is 5.95 Å². The van der Waals surface area contributed by atoms with E-state index in [0.717, 1.165) is 24.7 Å². The molecule has 0 radical (unpaired) electrons. The summed E-state index contributed by atoms with van der Waals surface area (Å²) in [5.41, 5.74) is -0.557. The Morgan fingerprint density at radius 2 is 1.20 bits per heavy atom. The summed E-state index contributed by atoms with van der Waals surface area (Å²) in [7, 11) is 0. The lowest BCUT2D eigenvalue weighted by atomic mass is 10.1. The fraction of sp³-hybridized carbons (Fsp3) is 0. The highest BCUT2D eigenvalue weighted by Gasteiger charge is 2.23. The molecule has 0 amide bonds. The van der Waals surface area contributed by atoms with Crippen molar-refractivity contribution < 1.29 is 20.6 Å². The van der Waals surface area contributed by atoms with Crippen molar-refractivity contribution in [3.05, 3.63) is 163 Å². The Hall–Kier alpha value is -6.63. The van der Waals surface area contributed by atoms with Gasteiger partial charge in [0.25, 0.3) is 0 Å². The highest BCUT2D eigenvalue weighted by Crippen LogP contribution is 2.43. The number of thiophene rings is 1. The Bertz CT molecular complexity index is 3990. The number of nitrogens with zero attached hydrogens (tertiary/aromatic N) is 5. The molecule has 11 aromatic rings. The number of fused-ring (bicyclic) bond motifs is 10. The first-order valence-corrected chi connectivity index (χ1v) is 16.6. The van der Waals surface area contributed by atoms with Crippen LogP contribution < -0.4 is 0 Å². The van der Waals surface area contributed by atoms with E-state index in [1.165, 1.54) is 15.9 Å². The van der Waals surface area contributed by atoms with E-state index in [-0.39, 0.29) is 61.2 Å². The molecule has 0 unspecified atom stereocenters. The van der Waals surface area contributed by atoms with Crippen LogP contribution in [0.15, 0.2) is 163 Å². The standard InChI is InChI=1S/C45H27N5S/c1-3-14-28(15-4-1)43-46-44(35-22-13-21-33-31-19-9-12-25-39(31)51-42(33)35)48-45(47-43)50-37-24-11-8-20-34(37)40-38(50)27-26-32-30-18-7-10-23-36(30)49(41(32)40)29-16-5-2-6-17-29/h1-27H/i2D,5D,6D,7D,8D,10D,11D,16D,17D,18D,20D,23D,24D,26D,27D. The van der Waals surface area contributed by atoms with Gasteiger partial charge in [0.05, 0.1) is 42.6 Å². The van der Waals surface area contributed by atoms with Crippen molar-refractivity contribution >= 4 is 75.1 Å². The first-order valence-electron chi connectivity index (χ1n) is 23.3. The van der Waals surface area contributed by atoms with E-state index < -0.39 is 96.3 Å². The normalized spacial score (nSPS) is 16.0. The molecule has 0 saturated heterocycles. The molecule has 0 saturated carbocycles. The highest BCUT2D eigenvalue weighted by molar-refractivity contribution is 7.26. The maximum absolute atomic E-state index is 9.78. The minimum absolute atomic E-state index is 0.153. The van der Waals surface area contributed by atoms with Crippen LogP contribution in [0.2, 0.25) is 0 Å². The van der Waals surface area contributed by atoms with Gasteiger partial charge in [-0.25, -0.2) is 4.98 Å². The first-order chi connectivity index (χ1) is 31.5. The number of hydrogen-bond donors (Lipinski definition) is 0. The molecule has 4 aromatic heterocycles. The lowest BCUT2D eigenvalue weighted by molar-refractivity contribution is 0.954. The average molecular weight is 685 g/mol. The molecule has 0 atom stereocenters. The first kappa shape index (κ1) is 17.3. The van der Waals surface area contributed by atoms with Crippen LogP contribution in [0.3, 0.4) is 0 Å². The Morgan fingerprint density at radius 1 is 0.490 bits per heavy atom. The summed E-state index contributed by atoms with van der Waals surface area (Å²) >= 11 is 1.53. The Balaban J connectivity index is 1.41. The summed E-state index contributed by atoms with van der Waals surface area (Å²) in [6, 6.07) is 12.2. The van der Waals surface area contributed by atoms with Crippen LogP contribution in [0.1, 0.15) is 20.6 Å². The molecule has 11 rings (SSSR count). The van der Waals surface area contributed by atoms with Crippen molar-refractivity contribution in [3.8, 4) is 34.4 Å². The van der Waals surface area contributed by atoms with Crippen LogP contribution in [-0.2, 0) is 0 Å². The molecular formula is C45H27N5S. The summed E-state index contributed by atoms with van der Waals surface area (Å²) in [5.74, 6) is 0.103. The zero-order chi connectivity index (χ0) is 46.5. The molecule has 238 valence electrons. The average Bonchev–Trinajstić information content (AvgIpc) is 4.01. The van der Waals surface area contributed by atoms with Gasteiger partial charge < -0.3 is 4.57 Å². The van der Waals surface area contributed by atoms with E-state index in [2.05, 4.69) is 0 Å². The summed E-state index contributed by atoms with van der Waals surface area (Å²) in [6.07, 6.45) is 0. The van der Waals surface area contributed by atoms with E-state index >= 15 is 0 Å². The van der Waals surface area contributed by atoms with E-state index in [4.69, 9.17) is 28.7 Å². The van der Waals surface area contributed by atoms with Gasteiger partial charge in [0.15, 0.2) is 11.6 Å². The van der Waals surface area contributed by atoms with Crippen molar-refractivity contribution in [2.45, 2.75) is 0 Å². The van der Waals surface area contributed by atoms with Gasteiger partial charge in [0, 0.05) is 58.5 Å². The second-order valence-electron chi connectivity index (χ2n) is 11.7. The molecule has 0 aliphatic carbocycles. The van der Waals surface area contributed by atoms with Crippen molar-refractivity contribution in [2.75, 3.05) is 0 Å². The van der Waals surface area contributed by atoms with Gasteiger partial charge in [0.1, 0.15) is 0 Å². The number of benzene rings is 7. The number of para-hydroxylation sites is 3. The van der Waals surface area contributed by atoms with Gasteiger partial charge in [-0.15, -0.1) is 11.3 Å². The molecule has 0 aliphatic rings. The molecular weight excluding hydrogens is 643 g/mol. The van der Waals surface area contributed by atoms with E-state index in [1.807, 2.05) is 48.5 Å². The van der Waals surface area contributed by atoms with Crippen LogP contribution in [0.5, 0.6) is 0 Å². The third kappa shape index (κ3) is 4.17. The zero-order valence-corrected chi connectivity index (χ0v) is 26.9. The predicted octanol–water partition coefficient (Wildman–Crippen LogP) is 11.8. The maximum atomic E-state index is 9.78. The quantitative estimate of drug-likeness (QED) is 0.185. The number of aromatic nitrogens is 5. The van der Waals surface area contributed by atoms with Crippen molar-refractivity contribution in [2.24, 2.45) is 0 Å². The fourth-order valence-corrected chi connectivity index (χ4v) is 8.04. The summed E-state index contributed by atoms with van der Waals surface area (Å²) in [4.78, 5) is 14.9. The molecule has 7 aromatic carbocycles. The van der Waals surface area contributed by atoms with Crippen LogP contribution in [0.25, 0.3) is 98.2 Å². The topological polar surface area (TPSA) is 48.5 Å². The molecule has 0 bridgehead atoms. The number of hydrogen-bond acceptors (Lipinski definition) is 4. The maximum Gasteiger partial charge on any atom is 0.238 e. The largest absolute Gasteiger partial charge is 0.309 e. The predicted molar refractivity (Wildman–Crippen MR) is 212 cm³/mol. The van der Waals surface area contributed by atoms with Gasteiger partial charge >= 0.3 is 0 Å². The van der Waals surface area contributed by atoms with Gasteiger partial charge in [-0.2, -0.15) is 9.97 Å². The van der Waals surface area contributed by atoms with Gasteiger partial charge in [-0.3, -0.25) is 4.57 Å². The monoisotopic (exact) mass is 684 g/mol. The SMILES string of the molecule is [2H]c1c([2H])c([2H])c(-n2c3c([2H])c([2H])c([2H])c([2H])c3c3c([2H])c([2H])c4c(c5c([2H])c([2H])c([2H])c([2H])c5n4-c4nc(-c5ccccc5)nc(-c5cccc6c5sc5ccccc56)n4)c32)c([2H])c1[2H]. The van der Waals surface area contributed by atoms with Crippen LogP contribution in [0.4, 0.5) is 0 Å². The van der Waals surface area contributed by atoms with Crippen molar-refractivity contribution in [1.82, 2.24) is 24.1 Å². The molecule has 51 heavy (non-hydrogen) atoms. The molecule has 0 N–H and O–H groups in total. The van der Waals surface area contributed by atoms with Crippen LogP contribution in [-0.4, -0.2) is 24.1 Å². The van der Waals surface area contributed by atoms with Crippen molar-refractivity contribution in [1.29, 1.82) is 0 Å². The van der Waals surface area contributed by atoms with E-state index in [1.54, 1.807) is 24.3 Å². The molecule has 0 fully saturated rings. The van der Waals surface area contributed by atoms with Crippen LogP contribution in [0, 0.1) is 0 Å².